The molecule has 0 radical (unpaired) electrons. The van der Waals surface area contributed by atoms with Gasteiger partial charge in [-0.2, -0.15) is 18.4 Å². The van der Waals surface area contributed by atoms with Gasteiger partial charge in [-0.15, -0.1) is 0 Å². The molecular weight excluding hydrogens is 570 g/mol. The van der Waals surface area contributed by atoms with Gasteiger partial charge in [0.2, 0.25) is 0 Å². The van der Waals surface area contributed by atoms with Crippen LogP contribution in [-0.4, -0.2) is 5.78 Å². The highest BCUT2D eigenvalue weighted by Gasteiger charge is 2.43. The van der Waals surface area contributed by atoms with E-state index < -0.39 is 23.5 Å². The lowest BCUT2D eigenvalue weighted by molar-refractivity contribution is -0.137. The van der Waals surface area contributed by atoms with Gasteiger partial charge in [-0.3, -0.25) is 9.69 Å². The maximum absolute atomic E-state index is 14.1. The molecule has 216 valence electrons. The Hall–Kier alpha value is -4.29. The van der Waals surface area contributed by atoms with E-state index in [-0.39, 0.29) is 52.2 Å². The van der Waals surface area contributed by atoms with Crippen molar-refractivity contribution in [3.8, 4) is 11.8 Å². The second-order valence-electron chi connectivity index (χ2n) is 10.3. The topological polar surface area (TPSA) is 79.4 Å². The van der Waals surface area contributed by atoms with Crippen LogP contribution in [0.3, 0.4) is 0 Å². The number of rotatable bonds is 5. The number of hydrogen-bond acceptors (Lipinski definition) is 5. The number of allylic oxidation sites excluding steroid dienone is 3. The number of Topliss-reactive ketones (excluding diaryl/α,β-unsaturated/α-hetero) is 1. The Labute approximate surface area is 245 Å². The number of nitrogens with zero attached hydrogens (tertiary/aromatic N) is 2. The molecule has 1 atom stereocenters. The number of para-hydroxylation sites is 1. The molecule has 1 unspecified atom stereocenters. The molecule has 2 N–H and O–H groups in total. The highest BCUT2D eigenvalue weighted by molar-refractivity contribution is 6.32. The van der Waals surface area contributed by atoms with Gasteiger partial charge < -0.3 is 10.5 Å². The number of halogens is 5. The number of nitrogens with two attached hydrogens (primary N) is 1. The molecule has 42 heavy (non-hydrogen) atoms. The number of alkyl halides is 3. The van der Waals surface area contributed by atoms with Crippen molar-refractivity contribution in [1.29, 1.82) is 5.26 Å². The summed E-state index contributed by atoms with van der Waals surface area (Å²) in [5, 5.41) is 10.5. The van der Waals surface area contributed by atoms with Gasteiger partial charge in [-0.25, -0.2) is 4.39 Å². The summed E-state index contributed by atoms with van der Waals surface area (Å²) in [5.74, 6) is -1.48. The molecule has 3 aromatic rings. The normalized spacial score (nSPS) is 17.3. The first-order valence-corrected chi connectivity index (χ1v) is 13.6. The molecular formula is C32H26ClF4N3O2. The van der Waals surface area contributed by atoms with Crippen molar-refractivity contribution in [2.45, 2.75) is 51.8 Å². The van der Waals surface area contributed by atoms with E-state index in [0.717, 1.165) is 28.8 Å². The number of anilines is 1. The first kappa shape index (κ1) is 29.2. The first-order valence-electron chi connectivity index (χ1n) is 13.2. The molecule has 0 saturated carbocycles. The quantitative estimate of drug-likeness (QED) is 0.302. The molecule has 2 aliphatic rings. The maximum Gasteiger partial charge on any atom is 0.418 e. The van der Waals surface area contributed by atoms with E-state index in [2.05, 4.69) is 6.07 Å². The van der Waals surface area contributed by atoms with Gasteiger partial charge in [0.05, 0.1) is 33.8 Å². The minimum atomic E-state index is -4.68. The molecule has 0 aromatic heterocycles. The van der Waals surface area contributed by atoms with Crippen LogP contribution >= 0.6 is 11.6 Å². The fourth-order valence-electron chi connectivity index (χ4n) is 5.71. The lowest BCUT2D eigenvalue weighted by Crippen LogP contribution is -2.39. The predicted octanol–water partition coefficient (Wildman–Crippen LogP) is 8.00. The van der Waals surface area contributed by atoms with Crippen molar-refractivity contribution >= 4 is 23.1 Å². The second-order valence-corrected chi connectivity index (χ2v) is 10.7. The van der Waals surface area contributed by atoms with Crippen molar-refractivity contribution in [3.05, 3.63) is 116 Å². The van der Waals surface area contributed by atoms with Crippen LogP contribution in [0.5, 0.6) is 5.75 Å². The minimum Gasteiger partial charge on any atom is -0.487 e. The smallest absolute Gasteiger partial charge is 0.418 e. The number of aryl methyl sites for hydroxylation is 2. The average Bonchev–Trinajstić information content (AvgIpc) is 2.93. The molecule has 0 bridgehead atoms. The minimum absolute atomic E-state index is 0.0126. The number of ketones is 1. The van der Waals surface area contributed by atoms with Gasteiger partial charge in [0, 0.05) is 17.7 Å². The molecule has 0 saturated heterocycles. The molecule has 0 fully saturated rings. The summed E-state index contributed by atoms with van der Waals surface area (Å²) >= 11 is 6.12. The number of ether oxygens (including phenoxy) is 1. The Morgan fingerprint density at radius 1 is 1.10 bits per heavy atom. The summed E-state index contributed by atoms with van der Waals surface area (Å²) in [6.45, 7) is 3.78. The lowest BCUT2D eigenvalue weighted by Gasteiger charge is -2.40. The second kappa shape index (κ2) is 11.2. The summed E-state index contributed by atoms with van der Waals surface area (Å²) in [5.41, 5.74) is 8.99. The van der Waals surface area contributed by atoms with Crippen LogP contribution in [0.25, 0.3) is 0 Å². The fourth-order valence-corrected chi connectivity index (χ4v) is 5.93. The van der Waals surface area contributed by atoms with E-state index in [1.165, 1.54) is 35.2 Å². The van der Waals surface area contributed by atoms with Crippen molar-refractivity contribution < 1.29 is 27.1 Å². The van der Waals surface area contributed by atoms with Gasteiger partial charge >= 0.3 is 6.18 Å². The molecule has 1 heterocycles. The zero-order valence-electron chi connectivity index (χ0n) is 22.8. The van der Waals surface area contributed by atoms with Gasteiger partial charge in [-0.1, -0.05) is 35.9 Å². The molecule has 1 aliphatic heterocycles. The van der Waals surface area contributed by atoms with Crippen LogP contribution < -0.4 is 15.4 Å². The average molecular weight is 596 g/mol. The van der Waals surface area contributed by atoms with Crippen LogP contribution in [0.15, 0.2) is 77.3 Å². The van der Waals surface area contributed by atoms with Crippen molar-refractivity contribution in [3.63, 3.8) is 0 Å². The highest BCUT2D eigenvalue weighted by atomic mass is 35.5. The van der Waals surface area contributed by atoms with E-state index in [0.29, 0.717) is 24.1 Å². The summed E-state index contributed by atoms with van der Waals surface area (Å²) in [6, 6.07) is 14.6. The molecule has 3 aromatic carbocycles. The van der Waals surface area contributed by atoms with Gasteiger partial charge in [0.25, 0.3) is 0 Å². The number of carbonyl (C=O) groups is 1. The van der Waals surface area contributed by atoms with E-state index in [4.69, 9.17) is 22.1 Å². The summed E-state index contributed by atoms with van der Waals surface area (Å²) < 4.78 is 61.5. The lowest BCUT2D eigenvalue weighted by atomic mass is 9.74. The Balaban J connectivity index is 1.65. The van der Waals surface area contributed by atoms with Gasteiger partial charge in [0.15, 0.2) is 5.78 Å². The van der Waals surface area contributed by atoms with Gasteiger partial charge in [0.1, 0.15) is 24.0 Å². The molecule has 1 aliphatic carbocycles. The summed E-state index contributed by atoms with van der Waals surface area (Å²) in [7, 11) is 0. The van der Waals surface area contributed by atoms with E-state index in [1.54, 1.807) is 0 Å². The molecule has 5 nitrogen and oxygen atoms in total. The Morgan fingerprint density at radius 3 is 2.52 bits per heavy atom. The highest BCUT2D eigenvalue weighted by Crippen LogP contribution is 2.49. The Kier molecular flexibility index (Phi) is 7.78. The molecule has 0 amide bonds. The standard InChI is InChI=1S/C32H26ClF4N3O2/c1-17-12-18(2)21(13-19(17)16-42-28-11-10-20(34)14-24(28)33)29-22(15-38)31(39)40(26-8-5-9-27(41)30(26)29)25-7-4-3-6-23(25)32(35,36)37/h3-4,6-7,10-14,29H,5,8-9,16,39H2,1-2H3. The molecule has 5 rings (SSSR count). The number of benzene rings is 3. The number of hydrogen-bond donors (Lipinski definition) is 1. The largest absolute Gasteiger partial charge is 0.487 e. The first-order chi connectivity index (χ1) is 19.9. The van der Waals surface area contributed by atoms with Crippen molar-refractivity contribution in [2.75, 3.05) is 4.90 Å². The van der Waals surface area contributed by atoms with Crippen molar-refractivity contribution in [2.24, 2.45) is 5.73 Å². The monoisotopic (exact) mass is 595 g/mol. The number of nitriles is 1. The van der Waals surface area contributed by atoms with Crippen molar-refractivity contribution in [1.82, 2.24) is 0 Å². The van der Waals surface area contributed by atoms with E-state index >= 15 is 0 Å². The molecule has 10 heteroatoms. The van der Waals surface area contributed by atoms with Crippen LogP contribution in [0.4, 0.5) is 23.2 Å². The van der Waals surface area contributed by atoms with Crippen LogP contribution in [0.1, 0.15) is 53.0 Å². The predicted molar refractivity (Wildman–Crippen MR) is 151 cm³/mol. The third-order valence-electron chi connectivity index (χ3n) is 7.68. The summed E-state index contributed by atoms with van der Waals surface area (Å²) in [4.78, 5) is 14.8. The Bertz CT molecular complexity index is 1700. The number of carbonyl (C=O) groups excluding carboxylic acids is 1. The third-order valence-corrected chi connectivity index (χ3v) is 7.97. The zero-order valence-corrected chi connectivity index (χ0v) is 23.5. The summed E-state index contributed by atoms with van der Waals surface area (Å²) in [6.07, 6.45) is -3.73. The van der Waals surface area contributed by atoms with Crippen LogP contribution in [-0.2, 0) is 17.6 Å². The molecule has 0 spiro atoms. The van der Waals surface area contributed by atoms with Crippen LogP contribution in [0.2, 0.25) is 5.02 Å². The third kappa shape index (κ3) is 5.23. The zero-order chi connectivity index (χ0) is 30.3. The van der Waals surface area contributed by atoms with E-state index in [9.17, 15) is 27.6 Å². The maximum atomic E-state index is 14.1. The van der Waals surface area contributed by atoms with Gasteiger partial charge in [-0.05, 0) is 79.3 Å². The Morgan fingerprint density at radius 2 is 1.83 bits per heavy atom. The van der Waals surface area contributed by atoms with E-state index in [1.807, 2.05) is 26.0 Å². The SMILES string of the molecule is Cc1cc(C)c(C2C(C#N)=C(N)N(c3ccccc3C(F)(F)F)C3=C2C(=O)CCC3)cc1COc1ccc(F)cc1Cl. The van der Waals surface area contributed by atoms with Crippen LogP contribution in [0, 0.1) is 31.0 Å². The fraction of sp³-hybridized carbons (Fsp3) is 0.250.